The molecule has 0 aliphatic rings. The highest BCUT2D eigenvalue weighted by Gasteiger charge is 2.23. The van der Waals surface area contributed by atoms with Gasteiger partial charge in [0.2, 0.25) is 0 Å². The van der Waals surface area contributed by atoms with Crippen molar-refractivity contribution in [3.8, 4) is 16.8 Å². The molecule has 200 valence electrons. The largest absolute Gasteiger partial charge is 0.292 e. The van der Waals surface area contributed by atoms with Crippen LogP contribution in [0.1, 0.15) is 0 Å². The molecule has 10 rings (SSSR count). The summed E-state index contributed by atoms with van der Waals surface area (Å²) < 4.78 is 7.41. The Labute approximate surface area is 250 Å². The summed E-state index contributed by atoms with van der Waals surface area (Å²) >= 11 is 1.87. The van der Waals surface area contributed by atoms with Gasteiger partial charge in [0, 0.05) is 31.6 Å². The lowest BCUT2D eigenvalue weighted by atomic mass is 10.0. The molecule has 10 aromatic rings. The molecule has 0 aliphatic carbocycles. The third kappa shape index (κ3) is 3.10. The number of benzene rings is 6. The predicted octanol–water partition coefficient (Wildman–Crippen LogP) is 10.8. The van der Waals surface area contributed by atoms with Crippen molar-refractivity contribution >= 4 is 80.9 Å². The fourth-order valence-corrected chi connectivity index (χ4v) is 8.20. The molecule has 0 spiro atoms. The normalized spacial score (nSPS) is 12.2. The van der Waals surface area contributed by atoms with Gasteiger partial charge in [-0.3, -0.25) is 8.97 Å². The molecule has 0 aliphatic heterocycles. The van der Waals surface area contributed by atoms with Crippen molar-refractivity contribution in [1.29, 1.82) is 0 Å². The lowest BCUT2D eigenvalue weighted by molar-refractivity contribution is 1.13. The molecule has 0 saturated carbocycles. The fraction of sp³-hybridized carbons (Fsp3) is 0. The number of imidazole rings is 1. The van der Waals surface area contributed by atoms with Gasteiger partial charge in [-0.25, -0.2) is 4.98 Å². The molecular weight excluding hydrogens is 543 g/mol. The lowest BCUT2D eigenvalue weighted by Crippen LogP contribution is -1.99. The Morgan fingerprint density at radius 3 is 2.05 bits per heavy atom. The van der Waals surface area contributed by atoms with Gasteiger partial charge in [-0.2, -0.15) is 0 Å². The van der Waals surface area contributed by atoms with Gasteiger partial charge in [0.05, 0.1) is 21.4 Å². The first-order valence-corrected chi connectivity index (χ1v) is 15.4. The minimum Gasteiger partial charge on any atom is -0.292 e. The molecule has 4 heterocycles. The van der Waals surface area contributed by atoms with E-state index in [-0.39, 0.29) is 0 Å². The first-order chi connectivity index (χ1) is 21.3. The summed E-state index contributed by atoms with van der Waals surface area (Å²) in [6.07, 6.45) is 0. The maximum absolute atomic E-state index is 5.38. The lowest BCUT2D eigenvalue weighted by Gasteiger charge is -2.12. The minimum atomic E-state index is 0.995. The van der Waals surface area contributed by atoms with E-state index in [4.69, 9.17) is 4.98 Å². The second kappa shape index (κ2) is 8.54. The van der Waals surface area contributed by atoms with E-state index in [2.05, 4.69) is 148 Å². The van der Waals surface area contributed by atoms with Crippen molar-refractivity contribution in [3.05, 3.63) is 140 Å². The summed E-state index contributed by atoms with van der Waals surface area (Å²) in [7, 11) is 0. The van der Waals surface area contributed by atoms with Crippen molar-refractivity contribution in [3.63, 3.8) is 0 Å². The Hall–Kier alpha value is -5.45. The first-order valence-electron chi connectivity index (χ1n) is 14.6. The summed E-state index contributed by atoms with van der Waals surface area (Å²) in [6, 6.07) is 50.3. The number of aromatic nitrogens is 3. The number of fused-ring (bicyclic) bond motifs is 13. The number of hydrogen-bond donors (Lipinski definition) is 0. The molecule has 0 atom stereocenters. The average Bonchev–Trinajstić information content (AvgIpc) is 3.74. The van der Waals surface area contributed by atoms with Crippen LogP contribution in [0, 0.1) is 0 Å². The Morgan fingerprint density at radius 2 is 1.19 bits per heavy atom. The van der Waals surface area contributed by atoms with E-state index in [1.807, 2.05) is 11.3 Å². The van der Waals surface area contributed by atoms with Gasteiger partial charge < -0.3 is 0 Å². The highest BCUT2D eigenvalue weighted by molar-refractivity contribution is 7.26. The van der Waals surface area contributed by atoms with E-state index in [0.29, 0.717) is 0 Å². The standard InChI is InChI=1S/C39H23N3S/c1-2-11-24(12-3-1)25-21-22-35-31(23-25)28-17-10-20-34(37(28)43-35)41-33-19-9-7-16-30(33)36-39(41)42-32-18-8-6-14-27(32)26-13-4-5-15-29(26)38(42)40-36/h1-23H. The highest BCUT2D eigenvalue weighted by Crippen LogP contribution is 2.43. The quantitative estimate of drug-likeness (QED) is 0.191. The van der Waals surface area contributed by atoms with Gasteiger partial charge in [-0.15, -0.1) is 11.3 Å². The minimum absolute atomic E-state index is 0.995. The highest BCUT2D eigenvalue weighted by atomic mass is 32.1. The van der Waals surface area contributed by atoms with Crippen LogP contribution in [0.5, 0.6) is 0 Å². The summed E-state index contributed by atoms with van der Waals surface area (Å²) in [4.78, 5) is 5.38. The maximum atomic E-state index is 5.38. The molecule has 4 aromatic heterocycles. The summed E-state index contributed by atoms with van der Waals surface area (Å²) in [5, 5.41) is 7.38. The first kappa shape index (κ1) is 23.1. The molecule has 0 saturated heterocycles. The van der Waals surface area contributed by atoms with Crippen molar-refractivity contribution in [1.82, 2.24) is 14.0 Å². The van der Waals surface area contributed by atoms with Crippen LogP contribution in [0.2, 0.25) is 0 Å². The van der Waals surface area contributed by atoms with Gasteiger partial charge in [-0.05, 0) is 46.8 Å². The van der Waals surface area contributed by atoms with Crippen LogP contribution in [-0.2, 0) is 0 Å². The van der Waals surface area contributed by atoms with Crippen LogP contribution in [0.25, 0.3) is 86.4 Å². The summed E-state index contributed by atoms with van der Waals surface area (Å²) in [5.41, 5.74) is 9.13. The second-order valence-electron chi connectivity index (χ2n) is 11.2. The Morgan fingerprint density at radius 1 is 0.488 bits per heavy atom. The number of rotatable bonds is 2. The summed E-state index contributed by atoms with van der Waals surface area (Å²) in [6.45, 7) is 0. The van der Waals surface area contributed by atoms with E-state index >= 15 is 0 Å². The smallest absolute Gasteiger partial charge is 0.151 e. The maximum Gasteiger partial charge on any atom is 0.151 e. The topological polar surface area (TPSA) is 22.2 Å². The van der Waals surface area contributed by atoms with E-state index in [1.54, 1.807) is 0 Å². The van der Waals surface area contributed by atoms with Gasteiger partial charge in [-0.1, -0.05) is 109 Å². The van der Waals surface area contributed by atoms with Crippen LogP contribution < -0.4 is 0 Å². The molecule has 0 fully saturated rings. The van der Waals surface area contributed by atoms with Gasteiger partial charge in [0.25, 0.3) is 0 Å². The van der Waals surface area contributed by atoms with Gasteiger partial charge in [0.1, 0.15) is 11.2 Å². The molecule has 0 radical (unpaired) electrons. The number of thiophene rings is 1. The Kier molecular flexibility index (Phi) is 4.60. The molecule has 0 N–H and O–H groups in total. The molecule has 0 amide bonds. The zero-order valence-electron chi connectivity index (χ0n) is 23.0. The van der Waals surface area contributed by atoms with E-state index in [1.165, 1.54) is 69.6 Å². The fourth-order valence-electron chi connectivity index (χ4n) is 7.01. The molecule has 43 heavy (non-hydrogen) atoms. The van der Waals surface area contributed by atoms with E-state index < -0.39 is 0 Å². The summed E-state index contributed by atoms with van der Waals surface area (Å²) in [5.74, 6) is 0. The molecule has 3 nitrogen and oxygen atoms in total. The monoisotopic (exact) mass is 565 g/mol. The SMILES string of the molecule is c1ccc(-c2ccc3sc4c(-n5c6ccccc6c6nc7c8ccccc8c8ccccc8n7c65)cccc4c3c2)cc1. The van der Waals surface area contributed by atoms with Crippen LogP contribution in [-0.4, -0.2) is 14.0 Å². The van der Waals surface area contributed by atoms with Gasteiger partial charge >= 0.3 is 0 Å². The van der Waals surface area contributed by atoms with Crippen LogP contribution in [0.15, 0.2) is 140 Å². The van der Waals surface area contributed by atoms with Crippen molar-refractivity contribution < 1.29 is 0 Å². The molecule has 6 aromatic carbocycles. The van der Waals surface area contributed by atoms with Crippen molar-refractivity contribution in [2.45, 2.75) is 0 Å². The zero-order chi connectivity index (χ0) is 28.1. The molecule has 0 bridgehead atoms. The van der Waals surface area contributed by atoms with Gasteiger partial charge in [0.15, 0.2) is 5.65 Å². The number of pyridine rings is 1. The third-order valence-electron chi connectivity index (χ3n) is 8.89. The predicted molar refractivity (Wildman–Crippen MR) is 183 cm³/mol. The number of hydrogen-bond acceptors (Lipinski definition) is 2. The van der Waals surface area contributed by atoms with Crippen molar-refractivity contribution in [2.24, 2.45) is 0 Å². The molecule has 0 unspecified atom stereocenters. The van der Waals surface area contributed by atoms with Crippen LogP contribution in [0.4, 0.5) is 0 Å². The third-order valence-corrected chi connectivity index (χ3v) is 10.1. The molecular formula is C39H23N3S. The average molecular weight is 566 g/mol. The second-order valence-corrected chi connectivity index (χ2v) is 12.2. The van der Waals surface area contributed by atoms with E-state index in [0.717, 1.165) is 16.8 Å². The van der Waals surface area contributed by atoms with Crippen LogP contribution in [0.3, 0.4) is 0 Å². The zero-order valence-corrected chi connectivity index (χ0v) is 23.8. The number of para-hydroxylation sites is 2. The Bertz CT molecular complexity index is 2730. The van der Waals surface area contributed by atoms with Crippen LogP contribution >= 0.6 is 11.3 Å². The molecule has 4 heteroatoms. The number of nitrogens with zero attached hydrogens (tertiary/aromatic N) is 3. The van der Waals surface area contributed by atoms with E-state index in [9.17, 15) is 0 Å². The Balaban J connectivity index is 1.37. The van der Waals surface area contributed by atoms with Crippen molar-refractivity contribution in [2.75, 3.05) is 0 Å².